The van der Waals surface area contributed by atoms with Crippen molar-refractivity contribution < 1.29 is 8.74 Å². The molecule has 0 fully saturated rings. The fraction of sp³-hybridized carbons (Fsp3) is 0.231. The number of anilines is 1. The number of nitrogens with two attached hydrogens (primary N) is 1. The monoisotopic (exact) mass is 295 g/mol. The number of hydrogen-bond donors (Lipinski definition) is 2. The van der Waals surface area contributed by atoms with Gasteiger partial charge in [0, 0.05) is 25.1 Å². The molecule has 6 nitrogen and oxygen atoms in total. The maximum Gasteiger partial charge on any atom is 0.292 e. The van der Waals surface area contributed by atoms with Crippen molar-refractivity contribution in [1.29, 1.82) is 0 Å². The van der Waals surface area contributed by atoms with Gasteiger partial charge in [-0.05, 0) is 12.1 Å². The molecule has 0 aliphatic carbocycles. The maximum absolute atomic E-state index is 11.5. The zero-order valence-electron chi connectivity index (χ0n) is 11.5. The lowest BCUT2D eigenvalue weighted by atomic mass is 10.1. The molecule has 0 amide bonds. The third-order valence-corrected chi connectivity index (χ3v) is 4.77. The summed E-state index contributed by atoms with van der Waals surface area (Å²) >= 11 is 0. The van der Waals surface area contributed by atoms with Gasteiger partial charge in [0.1, 0.15) is 0 Å². The van der Waals surface area contributed by atoms with Crippen LogP contribution in [0.2, 0.25) is 0 Å². The Labute approximate surface area is 118 Å². The zero-order chi connectivity index (χ0) is 14.9. The van der Waals surface area contributed by atoms with E-state index >= 15 is 0 Å². The first-order valence-electron chi connectivity index (χ1n) is 5.85. The number of aryl methyl sites for hydroxylation is 1. The molecule has 0 spiro atoms. The summed E-state index contributed by atoms with van der Waals surface area (Å²) in [6.07, 6.45) is 3.24. The normalized spacial score (nSPS) is 15.6. The second-order valence-corrected chi connectivity index (χ2v) is 6.83. The van der Waals surface area contributed by atoms with Gasteiger partial charge in [-0.3, -0.25) is 13.5 Å². The van der Waals surface area contributed by atoms with Crippen LogP contribution in [0.4, 0.5) is 5.82 Å². The molecule has 3 N–H and O–H groups in total. The number of nitrogen functional groups attached to an aromatic ring is 1. The summed E-state index contributed by atoms with van der Waals surface area (Å²) in [5.74, 6) is -0.0544. The standard InChI is InChI=1S/C13H17N3O3S/c1-16-8-11(15-12(14)13(16)17)9-5-4-6-10(7-9)20(3,18)19-2/h4-8,18H,1-3H3,(H2,14,15). The molecular formula is C13H17N3O3S. The molecule has 0 saturated heterocycles. The Morgan fingerprint density at radius 2 is 2.15 bits per heavy atom. The van der Waals surface area contributed by atoms with Crippen LogP contribution in [0.3, 0.4) is 0 Å². The van der Waals surface area contributed by atoms with Gasteiger partial charge in [-0.15, -0.1) is 0 Å². The molecule has 0 saturated carbocycles. The minimum atomic E-state index is -2.28. The first-order chi connectivity index (χ1) is 9.35. The summed E-state index contributed by atoms with van der Waals surface area (Å²) in [6, 6.07) is 7.20. The quantitative estimate of drug-likeness (QED) is 0.902. The third-order valence-electron chi connectivity index (χ3n) is 2.99. The molecule has 7 heteroatoms. The SMILES string of the molecule is COS(C)(O)c1cccc(-c2cn(C)c(=O)c(N)n2)c1. The van der Waals surface area contributed by atoms with Crippen LogP contribution in [-0.2, 0) is 11.2 Å². The minimum absolute atomic E-state index is 0.0544. The van der Waals surface area contributed by atoms with Crippen LogP contribution in [-0.4, -0.2) is 27.5 Å². The Hall–Kier alpha value is -1.83. The molecule has 2 aromatic rings. The smallest absolute Gasteiger partial charge is 0.292 e. The fourth-order valence-electron chi connectivity index (χ4n) is 1.76. The maximum atomic E-state index is 11.5. The van der Waals surface area contributed by atoms with Crippen molar-refractivity contribution >= 4 is 16.4 Å². The molecular weight excluding hydrogens is 278 g/mol. The number of nitrogens with zero attached hydrogens (tertiary/aromatic N) is 2. The average Bonchev–Trinajstić information content (AvgIpc) is 2.44. The first kappa shape index (κ1) is 14.6. The van der Waals surface area contributed by atoms with E-state index in [9.17, 15) is 9.35 Å². The highest BCUT2D eigenvalue weighted by molar-refractivity contribution is 8.24. The van der Waals surface area contributed by atoms with Gasteiger partial charge in [-0.2, -0.15) is 10.6 Å². The number of hydrogen-bond acceptors (Lipinski definition) is 5. The number of aromatic nitrogens is 2. The second-order valence-electron chi connectivity index (χ2n) is 4.42. The van der Waals surface area contributed by atoms with E-state index < -0.39 is 10.6 Å². The average molecular weight is 295 g/mol. The molecule has 2 rings (SSSR count). The van der Waals surface area contributed by atoms with Crippen LogP contribution in [0.1, 0.15) is 0 Å². The van der Waals surface area contributed by atoms with Crippen LogP contribution in [0.5, 0.6) is 0 Å². The second kappa shape index (κ2) is 5.28. The largest absolute Gasteiger partial charge is 0.379 e. The molecule has 1 aromatic carbocycles. The van der Waals surface area contributed by atoms with E-state index in [2.05, 4.69) is 4.98 Å². The van der Waals surface area contributed by atoms with Gasteiger partial charge in [0.2, 0.25) is 0 Å². The van der Waals surface area contributed by atoms with E-state index in [1.54, 1.807) is 37.7 Å². The highest BCUT2D eigenvalue weighted by atomic mass is 32.3. The topological polar surface area (TPSA) is 90.4 Å². The molecule has 1 unspecified atom stereocenters. The first-order valence-corrected chi connectivity index (χ1v) is 7.77. The Kier molecular flexibility index (Phi) is 3.85. The van der Waals surface area contributed by atoms with Crippen molar-refractivity contribution in [3.05, 3.63) is 40.8 Å². The predicted octanol–water partition coefficient (Wildman–Crippen LogP) is 1.86. The highest BCUT2D eigenvalue weighted by Gasteiger charge is 2.13. The number of benzene rings is 1. The van der Waals surface area contributed by atoms with Crippen LogP contribution in [0.25, 0.3) is 11.3 Å². The van der Waals surface area contributed by atoms with Crippen LogP contribution < -0.4 is 11.3 Å². The summed E-state index contributed by atoms with van der Waals surface area (Å²) < 4.78 is 16.7. The summed E-state index contributed by atoms with van der Waals surface area (Å²) in [6.45, 7) is 0. The van der Waals surface area contributed by atoms with Gasteiger partial charge >= 0.3 is 0 Å². The molecule has 108 valence electrons. The van der Waals surface area contributed by atoms with Crippen LogP contribution >= 0.6 is 10.6 Å². The fourth-order valence-corrected chi connectivity index (χ4v) is 2.62. The van der Waals surface area contributed by atoms with Crippen molar-refractivity contribution in [2.75, 3.05) is 19.1 Å². The van der Waals surface area contributed by atoms with E-state index in [1.165, 1.54) is 11.7 Å². The molecule has 1 aromatic heterocycles. The number of rotatable bonds is 3. The van der Waals surface area contributed by atoms with Crippen molar-refractivity contribution in [2.24, 2.45) is 7.05 Å². The lowest BCUT2D eigenvalue weighted by Crippen LogP contribution is -2.21. The van der Waals surface area contributed by atoms with E-state index in [0.29, 0.717) is 10.6 Å². The summed E-state index contributed by atoms with van der Waals surface area (Å²) in [5.41, 5.74) is 6.59. The van der Waals surface area contributed by atoms with Crippen molar-refractivity contribution in [3.63, 3.8) is 0 Å². The summed E-state index contributed by atoms with van der Waals surface area (Å²) in [5, 5.41) is 0. The van der Waals surface area contributed by atoms with Gasteiger partial charge in [-0.25, -0.2) is 4.98 Å². The zero-order valence-corrected chi connectivity index (χ0v) is 12.3. The Morgan fingerprint density at radius 3 is 2.75 bits per heavy atom. The molecule has 20 heavy (non-hydrogen) atoms. The Bertz CT molecular complexity index is 671. The molecule has 1 heterocycles. The van der Waals surface area contributed by atoms with E-state index in [4.69, 9.17) is 9.92 Å². The van der Waals surface area contributed by atoms with E-state index in [-0.39, 0.29) is 11.4 Å². The minimum Gasteiger partial charge on any atom is -0.379 e. The predicted molar refractivity (Wildman–Crippen MR) is 80.7 cm³/mol. The lowest BCUT2D eigenvalue weighted by molar-refractivity contribution is 0.401. The van der Waals surface area contributed by atoms with Crippen LogP contribution in [0.15, 0.2) is 40.2 Å². The molecule has 0 aliphatic rings. The van der Waals surface area contributed by atoms with Crippen molar-refractivity contribution in [1.82, 2.24) is 9.55 Å². The third kappa shape index (κ3) is 2.69. The van der Waals surface area contributed by atoms with Gasteiger partial charge < -0.3 is 10.3 Å². The Balaban J connectivity index is 2.55. The van der Waals surface area contributed by atoms with Gasteiger partial charge in [0.05, 0.1) is 17.7 Å². The van der Waals surface area contributed by atoms with Gasteiger partial charge in [0.25, 0.3) is 5.56 Å². The molecule has 0 aliphatic heterocycles. The lowest BCUT2D eigenvalue weighted by Gasteiger charge is -2.32. The van der Waals surface area contributed by atoms with Crippen molar-refractivity contribution in [2.45, 2.75) is 4.90 Å². The van der Waals surface area contributed by atoms with Gasteiger partial charge in [0.15, 0.2) is 5.82 Å². The van der Waals surface area contributed by atoms with Crippen LogP contribution in [0, 0.1) is 0 Å². The van der Waals surface area contributed by atoms with Gasteiger partial charge in [-0.1, -0.05) is 12.1 Å². The molecule has 0 bridgehead atoms. The summed E-state index contributed by atoms with van der Waals surface area (Å²) in [7, 11) is 0.793. The Morgan fingerprint density at radius 1 is 1.45 bits per heavy atom. The molecule has 0 radical (unpaired) electrons. The van der Waals surface area contributed by atoms with E-state index in [0.717, 1.165) is 5.56 Å². The van der Waals surface area contributed by atoms with E-state index in [1.807, 2.05) is 6.07 Å². The molecule has 1 atom stereocenters. The highest BCUT2D eigenvalue weighted by Crippen LogP contribution is 2.49. The van der Waals surface area contributed by atoms with Crippen molar-refractivity contribution in [3.8, 4) is 11.3 Å². The summed E-state index contributed by atoms with van der Waals surface area (Å²) in [4.78, 5) is 16.3.